The van der Waals surface area contributed by atoms with Crippen LogP contribution in [0.4, 0.5) is 18.9 Å². The van der Waals surface area contributed by atoms with Crippen LogP contribution in [-0.4, -0.2) is 47.0 Å². The van der Waals surface area contributed by atoms with Crippen molar-refractivity contribution in [2.45, 2.75) is 22.4 Å². The van der Waals surface area contributed by atoms with Gasteiger partial charge in [0.05, 0.1) is 30.6 Å². The van der Waals surface area contributed by atoms with Crippen LogP contribution < -0.4 is 19.5 Å². The highest BCUT2D eigenvalue weighted by Crippen LogP contribution is 2.32. The predicted molar refractivity (Wildman–Crippen MR) is 111 cm³/mol. The Balaban J connectivity index is 1.95. The number of ether oxygens (including phenoxy) is 2. The van der Waals surface area contributed by atoms with Crippen LogP contribution in [0.15, 0.2) is 52.3 Å². The van der Waals surface area contributed by atoms with Crippen molar-refractivity contribution < 1.29 is 35.9 Å². The van der Waals surface area contributed by atoms with Gasteiger partial charge >= 0.3 is 6.18 Å². The van der Waals surface area contributed by atoms with Crippen LogP contribution in [0.1, 0.15) is 6.42 Å². The number of hydrogen-bond acceptors (Lipinski definition) is 6. The number of rotatable bonds is 10. The molecule has 1 amide bonds. The van der Waals surface area contributed by atoms with Crippen LogP contribution in [0.5, 0.6) is 11.5 Å². The molecule has 0 heterocycles. The van der Waals surface area contributed by atoms with Crippen LogP contribution in [0.3, 0.4) is 0 Å². The Morgan fingerprint density at radius 1 is 1.06 bits per heavy atom. The number of halogens is 3. The van der Waals surface area contributed by atoms with Gasteiger partial charge < -0.3 is 14.8 Å². The number of carbonyl (C=O) groups excluding carboxylic acids is 1. The summed E-state index contributed by atoms with van der Waals surface area (Å²) in [4.78, 5) is 12.4. The minimum atomic E-state index is -4.34. The third-order valence-electron chi connectivity index (χ3n) is 3.86. The number of carbonyl (C=O) groups is 1. The van der Waals surface area contributed by atoms with Gasteiger partial charge in [-0.3, -0.25) is 4.79 Å². The fourth-order valence-electron chi connectivity index (χ4n) is 2.43. The van der Waals surface area contributed by atoms with Gasteiger partial charge in [-0.2, -0.15) is 13.2 Å². The van der Waals surface area contributed by atoms with Crippen molar-refractivity contribution in [2.24, 2.45) is 0 Å². The average Bonchev–Trinajstić information content (AvgIpc) is 2.71. The second-order valence-electron chi connectivity index (χ2n) is 6.11. The molecule has 2 rings (SSSR count). The van der Waals surface area contributed by atoms with Gasteiger partial charge in [0, 0.05) is 23.9 Å². The van der Waals surface area contributed by atoms with E-state index in [0.29, 0.717) is 17.5 Å². The third-order valence-corrected chi connectivity index (χ3v) is 6.46. The zero-order valence-corrected chi connectivity index (χ0v) is 18.3. The van der Waals surface area contributed by atoms with Gasteiger partial charge in [-0.25, -0.2) is 13.1 Å². The molecule has 2 aromatic carbocycles. The molecule has 0 aliphatic carbocycles. The summed E-state index contributed by atoms with van der Waals surface area (Å²) in [5.74, 6) is -1.04. The number of nitrogens with one attached hydrogen (secondary N) is 2. The van der Waals surface area contributed by atoms with Gasteiger partial charge in [-0.1, -0.05) is 12.1 Å². The maximum atomic E-state index is 12.5. The van der Waals surface area contributed by atoms with E-state index in [1.165, 1.54) is 44.6 Å². The zero-order chi connectivity index (χ0) is 23.1. The summed E-state index contributed by atoms with van der Waals surface area (Å²) in [5.41, 5.74) is 0.226. The van der Waals surface area contributed by atoms with E-state index in [-0.39, 0.29) is 34.2 Å². The molecule has 31 heavy (non-hydrogen) atoms. The first-order chi connectivity index (χ1) is 14.6. The van der Waals surface area contributed by atoms with E-state index in [0.717, 1.165) is 0 Å². The van der Waals surface area contributed by atoms with Crippen molar-refractivity contribution in [3.05, 3.63) is 42.5 Å². The molecule has 2 N–H and O–H groups in total. The van der Waals surface area contributed by atoms with E-state index < -0.39 is 27.9 Å². The maximum absolute atomic E-state index is 12.5. The van der Waals surface area contributed by atoms with Gasteiger partial charge in [-0.15, -0.1) is 11.8 Å². The number of benzene rings is 2. The molecule has 0 unspecified atom stereocenters. The second-order valence-corrected chi connectivity index (χ2v) is 8.90. The van der Waals surface area contributed by atoms with Crippen molar-refractivity contribution in [3.8, 4) is 11.5 Å². The minimum absolute atomic E-state index is 0.0699. The van der Waals surface area contributed by atoms with Crippen LogP contribution in [-0.2, 0) is 14.8 Å². The third kappa shape index (κ3) is 7.64. The topological polar surface area (TPSA) is 93.7 Å². The van der Waals surface area contributed by atoms with Crippen LogP contribution in [0.2, 0.25) is 0 Å². The zero-order valence-electron chi connectivity index (χ0n) is 16.7. The number of methoxy groups -OCH3 is 2. The molecule has 0 saturated heterocycles. The molecule has 0 aliphatic rings. The highest BCUT2D eigenvalue weighted by atomic mass is 32.2. The molecular weight excluding hydrogens is 457 g/mol. The molecule has 170 valence electrons. The van der Waals surface area contributed by atoms with Crippen LogP contribution >= 0.6 is 11.8 Å². The molecule has 0 radical (unpaired) electrons. The highest BCUT2D eigenvalue weighted by Gasteiger charge is 2.27. The standard InChI is InChI=1S/C19H21F3N2O5S2/c1-28-15-8-7-13(11-16(15)29-2)31(26,27)23-10-9-18(25)24-14-5-3-4-6-17(14)30-12-19(20,21)22/h3-8,11,23H,9-10,12H2,1-2H3,(H,24,25). The molecule has 7 nitrogen and oxygen atoms in total. The molecule has 12 heteroatoms. The SMILES string of the molecule is COc1ccc(S(=O)(=O)NCCC(=O)Nc2ccccc2SCC(F)(F)F)cc1OC. The molecule has 0 fully saturated rings. The largest absolute Gasteiger partial charge is 0.493 e. The molecule has 0 aliphatic heterocycles. The molecule has 0 atom stereocenters. The highest BCUT2D eigenvalue weighted by molar-refractivity contribution is 7.99. The summed E-state index contributed by atoms with van der Waals surface area (Å²) in [7, 11) is -1.12. The summed E-state index contributed by atoms with van der Waals surface area (Å²) < 4.78 is 74.7. The van der Waals surface area contributed by atoms with E-state index in [1.54, 1.807) is 12.1 Å². The Bertz CT molecular complexity index is 1010. The van der Waals surface area contributed by atoms with Gasteiger partial charge in [0.15, 0.2) is 11.5 Å². The molecular formula is C19H21F3N2O5S2. The van der Waals surface area contributed by atoms with E-state index >= 15 is 0 Å². The van der Waals surface area contributed by atoms with E-state index in [9.17, 15) is 26.4 Å². The lowest BCUT2D eigenvalue weighted by Crippen LogP contribution is -2.28. The van der Waals surface area contributed by atoms with E-state index in [1.807, 2.05) is 0 Å². The second kappa shape index (κ2) is 10.7. The van der Waals surface area contributed by atoms with Gasteiger partial charge in [0.25, 0.3) is 0 Å². The number of alkyl halides is 3. The number of anilines is 1. The maximum Gasteiger partial charge on any atom is 0.398 e. The van der Waals surface area contributed by atoms with Crippen LogP contribution in [0.25, 0.3) is 0 Å². The van der Waals surface area contributed by atoms with Gasteiger partial charge in [0.2, 0.25) is 15.9 Å². The summed E-state index contributed by atoms with van der Waals surface area (Å²) in [5, 5.41) is 2.51. The van der Waals surface area contributed by atoms with Crippen molar-refractivity contribution >= 4 is 33.4 Å². The van der Waals surface area contributed by atoms with E-state index in [4.69, 9.17) is 9.47 Å². The Labute approximate surface area is 182 Å². The summed E-state index contributed by atoms with van der Waals surface area (Å²) in [6.45, 7) is -0.208. The first kappa shape index (κ1) is 24.8. The smallest absolute Gasteiger partial charge is 0.398 e. The van der Waals surface area contributed by atoms with Crippen molar-refractivity contribution in [2.75, 3.05) is 31.8 Å². The average molecular weight is 479 g/mol. The first-order valence-electron chi connectivity index (χ1n) is 8.86. The number of para-hydroxylation sites is 1. The Morgan fingerprint density at radius 2 is 1.74 bits per heavy atom. The van der Waals surface area contributed by atoms with Crippen molar-refractivity contribution in [3.63, 3.8) is 0 Å². The first-order valence-corrected chi connectivity index (χ1v) is 11.3. The lowest BCUT2D eigenvalue weighted by molar-refractivity contribution is -0.116. The lowest BCUT2D eigenvalue weighted by atomic mass is 10.3. The number of amides is 1. The van der Waals surface area contributed by atoms with Crippen molar-refractivity contribution in [1.29, 1.82) is 0 Å². The van der Waals surface area contributed by atoms with Gasteiger partial charge in [-0.05, 0) is 24.3 Å². The van der Waals surface area contributed by atoms with Crippen molar-refractivity contribution in [1.82, 2.24) is 4.72 Å². The molecule has 0 saturated carbocycles. The predicted octanol–water partition coefficient (Wildman–Crippen LogP) is 3.67. The van der Waals surface area contributed by atoms with Gasteiger partial charge in [0.1, 0.15) is 0 Å². The monoisotopic (exact) mass is 478 g/mol. The van der Waals surface area contributed by atoms with Crippen LogP contribution in [0, 0.1) is 0 Å². The number of hydrogen-bond donors (Lipinski definition) is 2. The molecule has 0 spiro atoms. The Morgan fingerprint density at radius 3 is 2.39 bits per heavy atom. The fraction of sp³-hybridized carbons (Fsp3) is 0.316. The quantitative estimate of drug-likeness (QED) is 0.506. The molecule has 2 aromatic rings. The Hall–Kier alpha value is -2.44. The lowest BCUT2D eigenvalue weighted by Gasteiger charge is -2.13. The van der Waals surface area contributed by atoms with E-state index in [2.05, 4.69) is 10.0 Å². The Kier molecular flexibility index (Phi) is 8.60. The number of thioether (sulfide) groups is 1. The summed E-state index contributed by atoms with van der Waals surface area (Å²) >= 11 is 0.554. The fourth-order valence-corrected chi connectivity index (χ4v) is 4.25. The normalized spacial score (nSPS) is 11.8. The summed E-state index contributed by atoms with van der Waals surface area (Å²) in [6.07, 6.45) is -4.56. The molecule has 0 bridgehead atoms. The minimum Gasteiger partial charge on any atom is -0.493 e. The number of sulfonamides is 1. The summed E-state index contributed by atoms with van der Waals surface area (Å²) in [6, 6.07) is 10.1. The molecule has 0 aromatic heterocycles.